The number of carbonyl (C=O) groups excluding carboxylic acids is 2. The molecule has 2 N–H and O–H groups in total. The van der Waals surface area contributed by atoms with Crippen molar-refractivity contribution in [1.29, 1.82) is 0 Å². The van der Waals surface area contributed by atoms with Crippen LogP contribution in [-0.2, 0) is 4.79 Å². The first kappa shape index (κ1) is 18.4. The molecule has 3 aromatic carbocycles. The van der Waals surface area contributed by atoms with Crippen LogP contribution in [0.5, 0.6) is 0 Å². The van der Waals surface area contributed by atoms with E-state index in [4.69, 9.17) is 0 Å². The molecular formula is C23H22N2O2. The van der Waals surface area contributed by atoms with E-state index in [1.165, 1.54) is 0 Å². The minimum Gasteiger partial charge on any atom is -0.352 e. The van der Waals surface area contributed by atoms with E-state index < -0.39 is 0 Å². The number of aryl methyl sites for hydroxylation is 1. The molecule has 0 spiro atoms. The number of anilines is 1. The van der Waals surface area contributed by atoms with Gasteiger partial charge in [0, 0.05) is 29.8 Å². The first-order chi connectivity index (χ1) is 13.1. The Hall–Kier alpha value is -3.40. The van der Waals surface area contributed by atoms with Gasteiger partial charge in [0.2, 0.25) is 5.91 Å². The van der Waals surface area contributed by atoms with Gasteiger partial charge in [-0.25, -0.2) is 0 Å². The first-order valence-corrected chi connectivity index (χ1v) is 8.93. The van der Waals surface area contributed by atoms with Crippen molar-refractivity contribution in [2.45, 2.75) is 13.3 Å². The Morgan fingerprint density at radius 3 is 2.26 bits per heavy atom. The Kier molecular flexibility index (Phi) is 6.00. The predicted molar refractivity (Wildman–Crippen MR) is 109 cm³/mol. The first-order valence-electron chi connectivity index (χ1n) is 8.93. The van der Waals surface area contributed by atoms with Gasteiger partial charge in [-0.2, -0.15) is 0 Å². The molecule has 0 radical (unpaired) electrons. The van der Waals surface area contributed by atoms with Crippen molar-refractivity contribution in [1.82, 2.24) is 5.32 Å². The van der Waals surface area contributed by atoms with E-state index in [0.717, 1.165) is 22.4 Å². The van der Waals surface area contributed by atoms with Crippen LogP contribution in [0.15, 0.2) is 78.9 Å². The summed E-state index contributed by atoms with van der Waals surface area (Å²) in [6.45, 7) is 2.18. The number of benzene rings is 3. The number of hydrogen-bond donors (Lipinski definition) is 2. The predicted octanol–water partition coefficient (Wildman–Crippen LogP) is 4.42. The van der Waals surface area contributed by atoms with Crippen LogP contribution >= 0.6 is 0 Å². The standard InChI is InChI=1S/C23H22N2O2/c1-17-9-5-6-12-19(17)23(27)24-16-15-22(26)25-21-14-8-7-13-20(21)18-10-3-2-4-11-18/h2-14H,15-16H2,1H3,(H,24,27)(H,25,26). The van der Waals surface area contributed by atoms with Crippen LogP contribution in [-0.4, -0.2) is 18.4 Å². The summed E-state index contributed by atoms with van der Waals surface area (Å²) < 4.78 is 0. The second-order valence-electron chi connectivity index (χ2n) is 6.28. The highest BCUT2D eigenvalue weighted by atomic mass is 16.2. The van der Waals surface area contributed by atoms with Gasteiger partial charge < -0.3 is 10.6 Å². The molecule has 0 aliphatic rings. The third-order valence-corrected chi connectivity index (χ3v) is 4.31. The Balaban J connectivity index is 1.58. The van der Waals surface area contributed by atoms with Crippen molar-refractivity contribution < 1.29 is 9.59 Å². The molecule has 0 saturated carbocycles. The zero-order valence-corrected chi connectivity index (χ0v) is 15.2. The quantitative estimate of drug-likeness (QED) is 0.685. The van der Waals surface area contributed by atoms with Gasteiger partial charge in [0.25, 0.3) is 5.91 Å². The summed E-state index contributed by atoms with van der Waals surface area (Å²) in [5, 5.41) is 5.75. The Morgan fingerprint density at radius 2 is 1.48 bits per heavy atom. The van der Waals surface area contributed by atoms with Gasteiger partial charge in [0.05, 0.1) is 0 Å². The van der Waals surface area contributed by atoms with E-state index in [-0.39, 0.29) is 24.8 Å². The summed E-state index contributed by atoms with van der Waals surface area (Å²) in [5.41, 5.74) is 4.32. The molecule has 0 heterocycles. The fourth-order valence-electron chi connectivity index (χ4n) is 2.89. The fourth-order valence-corrected chi connectivity index (χ4v) is 2.89. The monoisotopic (exact) mass is 358 g/mol. The number of rotatable bonds is 6. The highest BCUT2D eigenvalue weighted by Gasteiger charge is 2.10. The van der Waals surface area contributed by atoms with E-state index in [0.29, 0.717) is 5.56 Å². The van der Waals surface area contributed by atoms with E-state index in [1.54, 1.807) is 6.07 Å². The number of para-hydroxylation sites is 1. The molecule has 0 unspecified atom stereocenters. The Bertz CT molecular complexity index is 936. The summed E-state index contributed by atoms with van der Waals surface area (Å²) in [6.07, 6.45) is 0.209. The lowest BCUT2D eigenvalue weighted by atomic mass is 10.0. The molecule has 4 nitrogen and oxygen atoms in total. The van der Waals surface area contributed by atoms with Gasteiger partial charge in [-0.15, -0.1) is 0 Å². The molecule has 2 amide bonds. The van der Waals surface area contributed by atoms with Crippen LogP contribution in [0.4, 0.5) is 5.69 Å². The molecule has 0 fully saturated rings. The van der Waals surface area contributed by atoms with Crippen molar-refractivity contribution in [3.05, 3.63) is 90.0 Å². The van der Waals surface area contributed by atoms with Crippen LogP contribution in [0.2, 0.25) is 0 Å². The third-order valence-electron chi connectivity index (χ3n) is 4.31. The maximum atomic E-state index is 12.3. The Morgan fingerprint density at radius 1 is 0.815 bits per heavy atom. The molecule has 3 rings (SSSR count). The summed E-state index contributed by atoms with van der Waals surface area (Å²) >= 11 is 0. The van der Waals surface area contributed by atoms with Crippen LogP contribution in [0.25, 0.3) is 11.1 Å². The van der Waals surface area contributed by atoms with E-state index in [9.17, 15) is 9.59 Å². The molecule has 0 aliphatic carbocycles. The second-order valence-corrected chi connectivity index (χ2v) is 6.28. The summed E-state index contributed by atoms with van der Waals surface area (Å²) in [4.78, 5) is 24.5. The van der Waals surface area contributed by atoms with E-state index in [1.807, 2.05) is 79.7 Å². The SMILES string of the molecule is Cc1ccccc1C(=O)NCCC(=O)Nc1ccccc1-c1ccccc1. The van der Waals surface area contributed by atoms with Crippen molar-refractivity contribution in [3.63, 3.8) is 0 Å². The molecule has 0 atom stereocenters. The van der Waals surface area contributed by atoms with Crippen LogP contribution in [0.3, 0.4) is 0 Å². The van der Waals surface area contributed by atoms with Gasteiger partial charge in [-0.1, -0.05) is 66.7 Å². The van der Waals surface area contributed by atoms with Crippen LogP contribution < -0.4 is 10.6 Å². The molecule has 4 heteroatoms. The van der Waals surface area contributed by atoms with Gasteiger partial charge in [0.15, 0.2) is 0 Å². The topological polar surface area (TPSA) is 58.2 Å². The van der Waals surface area contributed by atoms with Crippen LogP contribution in [0.1, 0.15) is 22.3 Å². The zero-order chi connectivity index (χ0) is 19.1. The molecule has 27 heavy (non-hydrogen) atoms. The minimum absolute atomic E-state index is 0.136. The highest BCUT2D eigenvalue weighted by Crippen LogP contribution is 2.27. The maximum Gasteiger partial charge on any atom is 0.251 e. The summed E-state index contributed by atoms with van der Waals surface area (Å²) in [7, 11) is 0. The molecule has 0 saturated heterocycles. The lowest BCUT2D eigenvalue weighted by Crippen LogP contribution is -2.28. The largest absolute Gasteiger partial charge is 0.352 e. The number of carbonyl (C=O) groups is 2. The molecule has 3 aromatic rings. The Labute approximate surface area is 159 Å². The van der Waals surface area contributed by atoms with Crippen molar-refractivity contribution in [2.24, 2.45) is 0 Å². The van der Waals surface area contributed by atoms with Crippen molar-refractivity contribution >= 4 is 17.5 Å². The highest BCUT2D eigenvalue weighted by molar-refractivity contribution is 5.97. The van der Waals surface area contributed by atoms with Gasteiger partial charge >= 0.3 is 0 Å². The van der Waals surface area contributed by atoms with E-state index >= 15 is 0 Å². The molecule has 136 valence electrons. The van der Waals surface area contributed by atoms with Gasteiger partial charge in [-0.05, 0) is 30.2 Å². The molecule has 0 aliphatic heterocycles. The summed E-state index contributed by atoms with van der Waals surface area (Å²) in [6, 6.07) is 25.0. The van der Waals surface area contributed by atoms with Crippen molar-refractivity contribution in [2.75, 3.05) is 11.9 Å². The average molecular weight is 358 g/mol. The summed E-state index contributed by atoms with van der Waals surface area (Å²) in [5.74, 6) is -0.297. The maximum absolute atomic E-state index is 12.3. The van der Waals surface area contributed by atoms with Gasteiger partial charge in [-0.3, -0.25) is 9.59 Å². The fraction of sp³-hybridized carbons (Fsp3) is 0.130. The second kappa shape index (κ2) is 8.81. The number of amides is 2. The van der Waals surface area contributed by atoms with Crippen molar-refractivity contribution in [3.8, 4) is 11.1 Å². The van der Waals surface area contributed by atoms with E-state index in [2.05, 4.69) is 10.6 Å². The normalized spacial score (nSPS) is 10.3. The number of hydrogen-bond acceptors (Lipinski definition) is 2. The molecule has 0 aromatic heterocycles. The molecule has 0 bridgehead atoms. The third kappa shape index (κ3) is 4.82. The number of nitrogens with one attached hydrogen (secondary N) is 2. The lowest BCUT2D eigenvalue weighted by Gasteiger charge is -2.12. The zero-order valence-electron chi connectivity index (χ0n) is 15.2. The smallest absolute Gasteiger partial charge is 0.251 e. The lowest BCUT2D eigenvalue weighted by molar-refractivity contribution is -0.116. The van der Waals surface area contributed by atoms with Crippen LogP contribution in [0, 0.1) is 6.92 Å². The molecular weight excluding hydrogens is 336 g/mol. The minimum atomic E-state index is -0.161. The average Bonchev–Trinajstić information content (AvgIpc) is 2.69. The van der Waals surface area contributed by atoms with Gasteiger partial charge in [0.1, 0.15) is 0 Å².